The van der Waals surface area contributed by atoms with Crippen molar-refractivity contribution in [2.24, 2.45) is 0 Å². The summed E-state index contributed by atoms with van der Waals surface area (Å²) in [6, 6.07) is 9.21. The molecule has 0 spiro atoms. The van der Waals surface area contributed by atoms with Crippen molar-refractivity contribution in [3.8, 4) is 11.4 Å². The summed E-state index contributed by atoms with van der Waals surface area (Å²) < 4.78 is 14.1. The first-order chi connectivity index (χ1) is 14.4. The molecule has 9 heteroatoms. The van der Waals surface area contributed by atoms with Crippen LogP contribution in [0.15, 0.2) is 48.8 Å². The van der Waals surface area contributed by atoms with E-state index in [1.54, 1.807) is 30.5 Å². The molecule has 1 amide bonds. The van der Waals surface area contributed by atoms with E-state index in [-0.39, 0.29) is 11.7 Å². The summed E-state index contributed by atoms with van der Waals surface area (Å²) in [5.41, 5.74) is 2.42. The number of benzene rings is 1. The third kappa shape index (κ3) is 4.16. The largest absolute Gasteiger partial charge is 0.388 e. The van der Waals surface area contributed by atoms with Gasteiger partial charge in [0.05, 0.1) is 32.6 Å². The summed E-state index contributed by atoms with van der Waals surface area (Å²) in [6.07, 6.45) is 2.92. The normalized spacial score (nSPS) is 12.1. The van der Waals surface area contributed by atoms with Gasteiger partial charge in [0, 0.05) is 24.0 Å². The maximum absolute atomic E-state index is 13.3. The summed E-state index contributed by atoms with van der Waals surface area (Å²) in [6.45, 7) is 1.87. The molecule has 0 radical (unpaired) electrons. The molecule has 4 aromatic rings. The van der Waals surface area contributed by atoms with Gasteiger partial charge in [0.25, 0.3) is 5.91 Å². The van der Waals surface area contributed by atoms with Gasteiger partial charge in [-0.3, -0.25) is 20.1 Å². The molecule has 0 unspecified atom stereocenters. The predicted octanol–water partition coefficient (Wildman–Crippen LogP) is 5.24. The molecule has 2 N–H and O–H groups in total. The van der Waals surface area contributed by atoms with E-state index in [9.17, 15) is 14.3 Å². The minimum absolute atomic E-state index is 0.332. The zero-order chi connectivity index (χ0) is 21.3. The van der Waals surface area contributed by atoms with Crippen LogP contribution in [0.5, 0.6) is 0 Å². The Balaban J connectivity index is 1.52. The van der Waals surface area contributed by atoms with Crippen LogP contribution < -0.4 is 5.32 Å². The number of fused-ring (bicyclic) bond motifs is 1. The molecule has 0 aliphatic carbocycles. The minimum atomic E-state index is -0.623. The van der Waals surface area contributed by atoms with Crippen LogP contribution in [0, 0.1) is 5.82 Å². The fraction of sp³-hybridized carbons (Fsp3) is 0.143. The van der Waals surface area contributed by atoms with Crippen LogP contribution >= 0.6 is 22.9 Å². The summed E-state index contributed by atoms with van der Waals surface area (Å²) in [5, 5.41) is 13.4. The molecule has 0 saturated heterocycles. The highest BCUT2D eigenvalue weighted by Crippen LogP contribution is 2.29. The van der Waals surface area contributed by atoms with Crippen molar-refractivity contribution in [1.29, 1.82) is 0 Å². The molecule has 0 aliphatic rings. The Hall–Kier alpha value is -2.94. The van der Waals surface area contributed by atoms with Crippen molar-refractivity contribution < 1.29 is 14.3 Å². The predicted molar refractivity (Wildman–Crippen MR) is 115 cm³/mol. The van der Waals surface area contributed by atoms with Gasteiger partial charge in [0.1, 0.15) is 11.5 Å². The Morgan fingerprint density at radius 1 is 1.23 bits per heavy atom. The van der Waals surface area contributed by atoms with Gasteiger partial charge in [-0.05, 0) is 36.8 Å². The molecule has 0 fully saturated rings. The average Bonchev–Trinajstić information content (AvgIpc) is 3.14. The smallest absolute Gasteiger partial charge is 0.259 e. The molecule has 4 rings (SSSR count). The number of aliphatic hydroxyl groups excluding tert-OH is 1. The quantitative estimate of drug-likeness (QED) is 0.441. The van der Waals surface area contributed by atoms with Crippen molar-refractivity contribution in [2.45, 2.75) is 19.4 Å². The number of halogens is 2. The van der Waals surface area contributed by atoms with Crippen LogP contribution in [0.1, 0.15) is 35.4 Å². The van der Waals surface area contributed by atoms with Gasteiger partial charge < -0.3 is 5.11 Å². The van der Waals surface area contributed by atoms with Gasteiger partial charge in [0.2, 0.25) is 0 Å². The molecular formula is C21H16ClFN4O2S. The number of hydrogen-bond acceptors (Lipinski definition) is 6. The van der Waals surface area contributed by atoms with Crippen molar-refractivity contribution in [3.63, 3.8) is 0 Å². The Morgan fingerprint density at radius 2 is 2.07 bits per heavy atom. The van der Waals surface area contributed by atoms with Gasteiger partial charge in [0.15, 0.2) is 5.13 Å². The van der Waals surface area contributed by atoms with Crippen LogP contribution in [-0.2, 0) is 0 Å². The van der Waals surface area contributed by atoms with E-state index in [0.29, 0.717) is 44.6 Å². The van der Waals surface area contributed by atoms with Gasteiger partial charge >= 0.3 is 0 Å². The second kappa shape index (κ2) is 8.43. The first-order valence-electron chi connectivity index (χ1n) is 9.12. The van der Waals surface area contributed by atoms with Gasteiger partial charge in [-0.25, -0.2) is 9.37 Å². The van der Waals surface area contributed by atoms with E-state index in [1.807, 2.05) is 6.92 Å². The van der Waals surface area contributed by atoms with Gasteiger partial charge in [-0.2, -0.15) is 0 Å². The first kappa shape index (κ1) is 20.3. The SMILES string of the molecule is CC[C@@H](O)c1cnc(-c2ccc(C(=O)Nc3nc4cc(F)ccc4s3)cn2)c(Cl)c1. The van der Waals surface area contributed by atoms with Crippen molar-refractivity contribution in [1.82, 2.24) is 15.0 Å². The second-order valence-corrected chi connectivity index (χ2v) is 7.98. The maximum Gasteiger partial charge on any atom is 0.259 e. The van der Waals surface area contributed by atoms with Crippen LogP contribution in [0.2, 0.25) is 5.02 Å². The van der Waals surface area contributed by atoms with Crippen LogP contribution in [0.3, 0.4) is 0 Å². The highest BCUT2D eigenvalue weighted by atomic mass is 35.5. The molecule has 3 heterocycles. The zero-order valence-electron chi connectivity index (χ0n) is 15.8. The van der Waals surface area contributed by atoms with Crippen LogP contribution in [0.4, 0.5) is 9.52 Å². The van der Waals surface area contributed by atoms with Gasteiger partial charge in [-0.1, -0.05) is 29.9 Å². The third-order valence-corrected chi connectivity index (χ3v) is 5.71. The molecule has 6 nitrogen and oxygen atoms in total. The Morgan fingerprint density at radius 3 is 2.77 bits per heavy atom. The fourth-order valence-electron chi connectivity index (χ4n) is 2.85. The summed E-state index contributed by atoms with van der Waals surface area (Å²) in [7, 11) is 0. The number of nitrogens with zero attached hydrogens (tertiary/aromatic N) is 3. The summed E-state index contributed by atoms with van der Waals surface area (Å²) >= 11 is 7.56. The van der Waals surface area contributed by atoms with E-state index >= 15 is 0 Å². The molecule has 30 heavy (non-hydrogen) atoms. The average molecular weight is 443 g/mol. The number of rotatable bonds is 5. The maximum atomic E-state index is 13.3. The number of aromatic nitrogens is 3. The molecule has 0 saturated carbocycles. The standard InChI is InChI=1S/C21H16ClFN4O2S/c1-2-17(28)12-7-14(22)19(25-10-12)15-5-3-11(9-24-15)20(29)27-21-26-16-8-13(23)4-6-18(16)30-21/h3-10,17,28H,2H2,1H3,(H,26,27,29)/t17-/m1/s1. The Labute approximate surface area is 180 Å². The third-order valence-electron chi connectivity index (χ3n) is 4.47. The number of carbonyl (C=O) groups is 1. The van der Waals surface area contributed by atoms with E-state index in [2.05, 4.69) is 20.3 Å². The fourth-order valence-corrected chi connectivity index (χ4v) is 3.96. The molecule has 1 aromatic carbocycles. The Bertz CT molecular complexity index is 1230. The molecule has 0 aliphatic heterocycles. The van der Waals surface area contributed by atoms with Crippen molar-refractivity contribution >= 4 is 44.2 Å². The van der Waals surface area contributed by atoms with Crippen LogP contribution in [-0.4, -0.2) is 26.0 Å². The lowest BCUT2D eigenvalue weighted by Crippen LogP contribution is -2.12. The molecular weight excluding hydrogens is 427 g/mol. The number of carbonyl (C=O) groups excluding carboxylic acids is 1. The van der Waals surface area contributed by atoms with E-state index in [1.165, 1.54) is 29.7 Å². The minimum Gasteiger partial charge on any atom is -0.388 e. The molecule has 152 valence electrons. The van der Waals surface area contributed by atoms with E-state index in [4.69, 9.17) is 11.6 Å². The summed E-state index contributed by atoms with van der Waals surface area (Å²) in [5.74, 6) is -0.760. The highest BCUT2D eigenvalue weighted by Gasteiger charge is 2.14. The first-order valence-corrected chi connectivity index (χ1v) is 10.3. The molecule has 1 atom stereocenters. The zero-order valence-corrected chi connectivity index (χ0v) is 17.3. The lowest BCUT2D eigenvalue weighted by Gasteiger charge is -2.10. The Kier molecular flexibility index (Phi) is 5.72. The number of pyridine rings is 2. The number of hydrogen-bond donors (Lipinski definition) is 2. The topological polar surface area (TPSA) is 88.0 Å². The van der Waals surface area contributed by atoms with Gasteiger partial charge in [-0.15, -0.1) is 0 Å². The van der Waals surface area contributed by atoms with E-state index < -0.39 is 6.10 Å². The number of thiazole rings is 1. The molecule has 0 bridgehead atoms. The summed E-state index contributed by atoms with van der Waals surface area (Å²) in [4.78, 5) is 25.3. The number of nitrogens with one attached hydrogen (secondary N) is 1. The monoisotopic (exact) mass is 442 g/mol. The second-order valence-electron chi connectivity index (χ2n) is 6.54. The van der Waals surface area contributed by atoms with Crippen molar-refractivity contribution in [3.05, 3.63) is 70.8 Å². The number of amides is 1. The lowest BCUT2D eigenvalue weighted by molar-refractivity contribution is 0.102. The van der Waals surface area contributed by atoms with Crippen molar-refractivity contribution in [2.75, 3.05) is 5.32 Å². The number of aliphatic hydroxyl groups is 1. The lowest BCUT2D eigenvalue weighted by atomic mass is 10.1. The highest BCUT2D eigenvalue weighted by molar-refractivity contribution is 7.22. The van der Waals surface area contributed by atoms with Crippen LogP contribution in [0.25, 0.3) is 21.6 Å². The van der Waals surface area contributed by atoms with E-state index in [0.717, 1.165) is 4.70 Å². The molecule has 3 aromatic heterocycles. The number of anilines is 1.